The molecule has 0 heterocycles. The highest BCUT2D eigenvalue weighted by Gasteiger charge is 2.50. The molecule has 0 spiro atoms. The van der Waals surface area contributed by atoms with Crippen LogP contribution in [0.2, 0.25) is 0 Å². The van der Waals surface area contributed by atoms with Crippen LogP contribution >= 0.6 is 0 Å². The first-order valence-corrected chi connectivity index (χ1v) is 6.74. The van der Waals surface area contributed by atoms with Gasteiger partial charge in [0.2, 0.25) is 0 Å². The second-order valence-electron chi connectivity index (χ2n) is 5.42. The van der Waals surface area contributed by atoms with Crippen LogP contribution in [0.25, 0.3) is 5.57 Å². The molecule has 2 rings (SSSR count). The molecule has 0 amide bonds. The summed E-state index contributed by atoms with van der Waals surface area (Å²) in [5.41, 5.74) is -0.458. The molecule has 3 atom stereocenters. The van der Waals surface area contributed by atoms with Crippen molar-refractivity contribution in [3.8, 4) is 0 Å². The summed E-state index contributed by atoms with van der Waals surface area (Å²) in [5, 5.41) is 18.5. The number of benzene rings is 1. The number of hydrogen-bond acceptors (Lipinski definition) is 2. The molecule has 0 fully saturated rings. The molecule has 0 aliphatic heterocycles. The second kappa shape index (κ2) is 5.68. The Morgan fingerprint density at radius 2 is 1.90 bits per heavy atom. The quantitative estimate of drug-likeness (QED) is 0.894. The van der Waals surface area contributed by atoms with Crippen molar-refractivity contribution in [3.63, 3.8) is 0 Å². The Kier molecular flexibility index (Phi) is 4.11. The predicted molar refractivity (Wildman–Crippen MR) is 75.4 cm³/mol. The van der Waals surface area contributed by atoms with E-state index in [0.29, 0.717) is 11.1 Å². The standard InChI is InChI=1S/C16H17FO4/c1-10(14(18)19)16(15(20)21)8-7-12(13(17)9-16)11-5-3-2-4-6-11/h2-7,10,13H,8-9H2,1H3,(H,18,19)(H,20,21). The van der Waals surface area contributed by atoms with E-state index in [1.54, 1.807) is 24.3 Å². The Bertz CT molecular complexity index is 581. The third kappa shape index (κ3) is 2.68. The molecule has 21 heavy (non-hydrogen) atoms. The molecule has 0 saturated heterocycles. The average Bonchev–Trinajstić information content (AvgIpc) is 2.46. The van der Waals surface area contributed by atoms with Crippen molar-refractivity contribution in [2.24, 2.45) is 11.3 Å². The Morgan fingerprint density at radius 1 is 1.29 bits per heavy atom. The van der Waals surface area contributed by atoms with E-state index in [9.17, 15) is 19.1 Å². The normalized spacial score (nSPS) is 26.8. The largest absolute Gasteiger partial charge is 0.481 e. The summed E-state index contributed by atoms with van der Waals surface area (Å²) in [4.78, 5) is 22.7. The zero-order valence-electron chi connectivity index (χ0n) is 11.6. The van der Waals surface area contributed by atoms with E-state index >= 15 is 0 Å². The van der Waals surface area contributed by atoms with E-state index in [0.717, 1.165) is 0 Å². The summed E-state index contributed by atoms with van der Waals surface area (Å²) >= 11 is 0. The fraction of sp³-hybridized carbons (Fsp3) is 0.375. The number of alkyl halides is 1. The minimum atomic E-state index is -1.59. The molecule has 3 unspecified atom stereocenters. The topological polar surface area (TPSA) is 74.6 Å². The number of allylic oxidation sites excluding steroid dienone is 2. The Morgan fingerprint density at radius 3 is 2.38 bits per heavy atom. The maximum atomic E-state index is 14.5. The van der Waals surface area contributed by atoms with Crippen LogP contribution in [0.15, 0.2) is 36.4 Å². The predicted octanol–water partition coefficient (Wildman–Crippen LogP) is 2.99. The van der Waals surface area contributed by atoms with Crippen LogP contribution in [0, 0.1) is 11.3 Å². The molecule has 0 aromatic heterocycles. The third-order valence-corrected chi connectivity index (χ3v) is 4.30. The van der Waals surface area contributed by atoms with Crippen LogP contribution in [0.1, 0.15) is 25.3 Å². The molecule has 4 nitrogen and oxygen atoms in total. The first-order chi connectivity index (χ1) is 9.88. The van der Waals surface area contributed by atoms with Gasteiger partial charge in [0, 0.05) is 0 Å². The zero-order valence-corrected chi connectivity index (χ0v) is 11.6. The van der Waals surface area contributed by atoms with Gasteiger partial charge in [-0.3, -0.25) is 9.59 Å². The number of hydrogen-bond donors (Lipinski definition) is 2. The van der Waals surface area contributed by atoms with Gasteiger partial charge in [-0.25, -0.2) is 4.39 Å². The molecule has 1 aromatic carbocycles. The van der Waals surface area contributed by atoms with Crippen LogP contribution < -0.4 is 0 Å². The fourth-order valence-electron chi connectivity index (χ4n) is 2.81. The van der Waals surface area contributed by atoms with Gasteiger partial charge in [0.1, 0.15) is 6.17 Å². The molecule has 0 radical (unpaired) electrons. The van der Waals surface area contributed by atoms with Crippen LogP contribution in [0.5, 0.6) is 0 Å². The van der Waals surface area contributed by atoms with Crippen LogP contribution in [0.3, 0.4) is 0 Å². The van der Waals surface area contributed by atoms with Crippen molar-refractivity contribution in [2.45, 2.75) is 25.9 Å². The second-order valence-corrected chi connectivity index (χ2v) is 5.42. The molecular weight excluding hydrogens is 275 g/mol. The van der Waals surface area contributed by atoms with E-state index in [1.807, 2.05) is 6.07 Å². The molecule has 112 valence electrons. The number of carboxylic acids is 2. The van der Waals surface area contributed by atoms with Crippen molar-refractivity contribution < 1.29 is 24.2 Å². The third-order valence-electron chi connectivity index (χ3n) is 4.30. The highest BCUT2D eigenvalue weighted by Crippen LogP contribution is 2.45. The lowest BCUT2D eigenvalue weighted by Gasteiger charge is -2.37. The number of carboxylic acid groups (broad SMARTS) is 2. The van der Waals surface area contributed by atoms with E-state index in [2.05, 4.69) is 0 Å². The highest BCUT2D eigenvalue weighted by molar-refractivity contribution is 5.85. The van der Waals surface area contributed by atoms with Gasteiger partial charge >= 0.3 is 11.9 Å². The van der Waals surface area contributed by atoms with Crippen molar-refractivity contribution in [1.29, 1.82) is 0 Å². The molecule has 1 aliphatic rings. The molecule has 0 saturated carbocycles. The van der Waals surface area contributed by atoms with Crippen LogP contribution in [0.4, 0.5) is 4.39 Å². The van der Waals surface area contributed by atoms with E-state index in [1.165, 1.54) is 13.0 Å². The zero-order chi connectivity index (χ0) is 15.6. The number of aliphatic carboxylic acids is 2. The Hall–Kier alpha value is -2.17. The molecule has 0 bridgehead atoms. The fourth-order valence-corrected chi connectivity index (χ4v) is 2.81. The van der Waals surface area contributed by atoms with Crippen molar-refractivity contribution in [2.75, 3.05) is 0 Å². The molecule has 5 heteroatoms. The first-order valence-electron chi connectivity index (χ1n) is 6.74. The summed E-state index contributed by atoms with van der Waals surface area (Å²) in [7, 11) is 0. The lowest BCUT2D eigenvalue weighted by Crippen LogP contribution is -2.44. The van der Waals surface area contributed by atoms with E-state index in [-0.39, 0.29) is 12.8 Å². The van der Waals surface area contributed by atoms with Gasteiger partial charge < -0.3 is 10.2 Å². The Balaban J connectivity index is 2.38. The molecular formula is C16H17FO4. The summed E-state index contributed by atoms with van der Waals surface area (Å²) in [6.45, 7) is 1.32. The molecule has 1 aromatic rings. The Labute approximate surface area is 121 Å². The van der Waals surface area contributed by atoms with E-state index in [4.69, 9.17) is 5.11 Å². The van der Waals surface area contributed by atoms with Crippen molar-refractivity contribution >= 4 is 17.5 Å². The summed E-state index contributed by atoms with van der Waals surface area (Å²) < 4.78 is 14.5. The first kappa shape index (κ1) is 15.2. The van der Waals surface area contributed by atoms with Gasteiger partial charge in [-0.1, -0.05) is 43.3 Å². The average molecular weight is 292 g/mol. The maximum Gasteiger partial charge on any atom is 0.310 e. The lowest BCUT2D eigenvalue weighted by molar-refractivity contribution is -0.163. The smallest absolute Gasteiger partial charge is 0.310 e. The monoisotopic (exact) mass is 292 g/mol. The van der Waals surface area contributed by atoms with Gasteiger partial charge in [-0.05, 0) is 24.0 Å². The summed E-state index contributed by atoms with van der Waals surface area (Å²) in [6, 6.07) is 8.89. The van der Waals surface area contributed by atoms with Gasteiger partial charge in [-0.15, -0.1) is 0 Å². The van der Waals surface area contributed by atoms with Gasteiger partial charge in [0.15, 0.2) is 0 Å². The number of rotatable bonds is 4. The van der Waals surface area contributed by atoms with Crippen LogP contribution in [-0.2, 0) is 9.59 Å². The highest BCUT2D eigenvalue weighted by atomic mass is 19.1. The maximum absolute atomic E-state index is 14.5. The lowest BCUT2D eigenvalue weighted by atomic mass is 9.66. The number of halogens is 1. The van der Waals surface area contributed by atoms with Crippen LogP contribution in [-0.4, -0.2) is 28.3 Å². The SMILES string of the molecule is CC(C(=O)O)C1(C(=O)O)CC=C(c2ccccc2)C(F)C1. The van der Waals surface area contributed by atoms with Gasteiger partial charge in [0.25, 0.3) is 0 Å². The summed E-state index contributed by atoms with van der Waals surface area (Å²) in [5.74, 6) is -3.63. The minimum absolute atomic E-state index is 0.0143. The van der Waals surface area contributed by atoms with Gasteiger partial charge in [-0.2, -0.15) is 0 Å². The molecule has 2 N–H and O–H groups in total. The summed E-state index contributed by atoms with van der Waals surface area (Å²) in [6.07, 6.45) is -0.271. The minimum Gasteiger partial charge on any atom is -0.481 e. The van der Waals surface area contributed by atoms with Crippen molar-refractivity contribution in [1.82, 2.24) is 0 Å². The number of carbonyl (C=O) groups is 2. The molecule has 1 aliphatic carbocycles. The van der Waals surface area contributed by atoms with Gasteiger partial charge in [0.05, 0.1) is 11.3 Å². The van der Waals surface area contributed by atoms with Crippen molar-refractivity contribution in [3.05, 3.63) is 42.0 Å². The van der Waals surface area contributed by atoms with E-state index < -0.39 is 29.4 Å².